The fourth-order valence-electron chi connectivity index (χ4n) is 3.75. The van der Waals surface area contributed by atoms with E-state index in [2.05, 4.69) is 6.07 Å². The molecular weight excluding hydrogens is 356 g/mol. The van der Waals surface area contributed by atoms with Crippen molar-refractivity contribution < 1.29 is 19.0 Å². The maximum atomic E-state index is 13.3. The van der Waals surface area contributed by atoms with Crippen LogP contribution in [-0.4, -0.2) is 37.1 Å². The van der Waals surface area contributed by atoms with Crippen LogP contribution >= 0.6 is 0 Å². The Morgan fingerprint density at radius 1 is 1.04 bits per heavy atom. The smallest absolute Gasteiger partial charge is 0.254 e. The second-order valence-electron chi connectivity index (χ2n) is 6.75. The van der Waals surface area contributed by atoms with Gasteiger partial charge in [0.15, 0.2) is 11.5 Å². The van der Waals surface area contributed by atoms with Crippen molar-refractivity contribution in [3.63, 3.8) is 0 Å². The summed E-state index contributed by atoms with van der Waals surface area (Å²) in [6.45, 7) is 2.52. The molecule has 6 heteroatoms. The third-order valence-corrected chi connectivity index (χ3v) is 5.21. The maximum Gasteiger partial charge on any atom is 0.254 e. The third kappa shape index (κ3) is 2.81. The van der Waals surface area contributed by atoms with Crippen LogP contribution in [0.3, 0.4) is 0 Å². The van der Waals surface area contributed by atoms with Crippen molar-refractivity contribution in [2.75, 3.05) is 21.3 Å². The standard InChI is InChI=1S/C22H22N2O4/c1-13-20-16(9-14-7-5-6-8-17(14)23-20)12-24(13)22(25)15-10-18(26-2)21(28-4)19(11-15)27-3/h5-11,13H,12H2,1-4H3. The zero-order valence-electron chi connectivity index (χ0n) is 16.4. The Bertz CT molecular complexity index is 1040. The molecule has 1 atom stereocenters. The van der Waals surface area contributed by atoms with Gasteiger partial charge < -0.3 is 19.1 Å². The molecule has 1 aliphatic rings. The molecule has 28 heavy (non-hydrogen) atoms. The van der Waals surface area contributed by atoms with Crippen molar-refractivity contribution in [1.29, 1.82) is 0 Å². The average Bonchev–Trinajstić information content (AvgIpc) is 3.05. The lowest BCUT2D eigenvalue weighted by atomic mass is 10.1. The number of rotatable bonds is 4. The molecule has 3 aromatic rings. The summed E-state index contributed by atoms with van der Waals surface area (Å²) in [5, 5.41) is 1.08. The van der Waals surface area contributed by atoms with E-state index in [0.717, 1.165) is 22.2 Å². The molecule has 0 N–H and O–H groups in total. The first kappa shape index (κ1) is 18.1. The predicted molar refractivity (Wildman–Crippen MR) is 106 cm³/mol. The van der Waals surface area contributed by atoms with E-state index in [1.807, 2.05) is 36.1 Å². The second kappa shape index (κ2) is 7.03. The Balaban J connectivity index is 1.71. The highest BCUT2D eigenvalue weighted by Gasteiger charge is 2.33. The van der Waals surface area contributed by atoms with Crippen LogP contribution in [0.4, 0.5) is 0 Å². The van der Waals surface area contributed by atoms with E-state index in [9.17, 15) is 4.79 Å². The van der Waals surface area contributed by atoms with Gasteiger partial charge in [0.2, 0.25) is 5.75 Å². The lowest BCUT2D eigenvalue weighted by molar-refractivity contribution is 0.0702. The highest BCUT2D eigenvalue weighted by molar-refractivity contribution is 5.96. The van der Waals surface area contributed by atoms with E-state index in [4.69, 9.17) is 19.2 Å². The first-order chi connectivity index (χ1) is 13.6. The van der Waals surface area contributed by atoms with Gasteiger partial charge in [-0.15, -0.1) is 0 Å². The van der Waals surface area contributed by atoms with E-state index in [-0.39, 0.29) is 11.9 Å². The number of ether oxygens (including phenoxy) is 3. The van der Waals surface area contributed by atoms with E-state index in [1.54, 1.807) is 12.1 Å². The number of carbonyl (C=O) groups is 1. The van der Waals surface area contributed by atoms with Gasteiger partial charge in [-0.25, -0.2) is 0 Å². The van der Waals surface area contributed by atoms with Crippen molar-refractivity contribution in [2.45, 2.75) is 19.5 Å². The molecule has 0 aliphatic carbocycles. The number of carbonyl (C=O) groups excluding carboxylic acids is 1. The Labute approximate surface area is 163 Å². The summed E-state index contributed by atoms with van der Waals surface area (Å²) in [7, 11) is 4.61. The number of nitrogens with zero attached hydrogens (tertiary/aromatic N) is 2. The van der Waals surface area contributed by atoms with Crippen LogP contribution < -0.4 is 14.2 Å². The third-order valence-electron chi connectivity index (χ3n) is 5.21. The lowest BCUT2D eigenvalue weighted by Crippen LogP contribution is -2.28. The van der Waals surface area contributed by atoms with Crippen LogP contribution in [0.15, 0.2) is 42.5 Å². The fourth-order valence-corrected chi connectivity index (χ4v) is 3.75. The molecule has 0 saturated heterocycles. The second-order valence-corrected chi connectivity index (χ2v) is 6.75. The first-order valence-corrected chi connectivity index (χ1v) is 9.07. The summed E-state index contributed by atoms with van der Waals surface area (Å²) in [6, 6.07) is 13.4. The van der Waals surface area contributed by atoms with Crippen molar-refractivity contribution in [3.05, 3.63) is 59.3 Å². The van der Waals surface area contributed by atoms with Crippen molar-refractivity contribution in [3.8, 4) is 17.2 Å². The molecule has 1 amide bonds. The Hall–Kier alpha value is -3.28. The molecule has 0 saturated carbocycles. The maximum absolute atomic E-state index is 13.3. The summed E-state index contributed by atoms with van der Waals surface area (Å²) in [4.78, 5) is 19.9. The molecular formula is C22H22N2O4. The topological polar surface area (TPSA) is 60.9 Å². The molecule has 6 nitrogen and oxygen atoms in total. The Morgan fingerprint density at radius 3 is 2.36 bits per heavy atom. The number of methoxy groups -OCH3 is 3. The predicted octanol–water partition coefficient (Wildman–Crippen LogP) is 3.98. The minimum atomic E-state index is -0.119. The Kier molecular flexibility index (Phi) is 4.55. The highest BCUT2D eigenvalue weighted by atomic mass is 16.5. The molecule has 4 rings (SSSR count). The lowest BCUT2D eigenvalue weighted by Gasteiger charge is -2.22. The number of hydrogen-bond donors (Lipinski definition) is 0. The molecule has 2 aromatic carbocycles. The molecule has 0 radical (unpaired) electrons. The summed E-state index contributed by atoms with van der Waals surface area (Å²) >= 11 is 0. The number of hydrogen-bond acceptors (Lipinski definition) is 5. The minimum Gasteiger partial charge on any atom is -0.493 e. The van der Waals surface area contributed by atoms with Gasteiger partial charge in [-0.05, 0) is 36.8 Å². The van der Waals surface area contributed by atoms with Gasteiger partial charge in [-0.2, -0.15) is 0 Å². The van der Waals surface area contributed by atoms with Gasteiger partial charge >= 0.3 is 0 Å². The van der Waals surface area contributed by atoms with Crippen LogP contribution in [-0.2, 0) is 6.54 Å². The number of pyridine rings is 1. The van der Waals surface area contributed by atoms with E-state index >= 15 is 0 Å². The van der Waals surface area contributed by atoms with Gasteiger partial charge in [-0.3, -0.25) is 9.78 Å². The van der Waals surface area contributed by atoms with Crippen molar-refractivity contribution in [2.24, 2.45) is 0 Å². The van der Waals surface area contributed by atoms with E-state index < -0.39 is 0 Å². The number of amides is 1. The van der Waals surface area contributed by atoms with Crippen LogP contribution in [0, 0.1) is 0 Å². The Morgan fingerprint density at radius 2 is 1.71 bits per heavy atom. The monoisotopic (exact) mass is 378 g/mol. The quantitative estimate of drug-likeness (QED) is 0.687. The molecule has 0 spiro atoms. The summed E-state index contributed by atoms with van der Waals surface area (Å²) in [5.74, 6) is 1.28. The van der Waals surface area contributed by atoms with Crippen LogP contribution in [0.2, 0.25) is 0 Å². The molecule has 0 bridgehead atoms. The van der Waals surface area contributed by atoms with Crippen LogP contribution in [0.5, 0.6) is 17.2 Å². The number of aromatic nitrogens is 1. The summed E-state index contributed by atoms with van der Waals surface area (Å²) in [5.41, 5.74) is 3.44. The van der Waals surface area contributed by atoms with Gasteiger partial charge in [0.25, 0.3) is 5.91 Å². The molecule has 1 aliphatic heterocycles. The number of fused-ring (bicyclic) bond motifs is 2. The average molecular weight is 378 g/mol. The zero-order valence-corrected chi connectivity index (χ0v) is 16.4. The molecule has 1 unspecified atom stereocenters. The summed E-state index contributed by atoms with van der Waals surface area (Å²) < 4.78 is 16.1. The van der Waals surface area contributed by atoms with Crippen LogP contribution in [0.25, 0.3) is 10.9 Å². The van der Waals surface area contributed by atoms with Gasteiger partial charge in [-0.1, -0.05) is 18.2 Å². The minimum absolute atomic E-state index is 0.103. The van der Waals surface area contributed by atoms with Gasteiger partial charge in [0.1, 0.15) is 0 Å². The van der Waals surface area contributed by atoms with Gasteiger partial charge in [0, 0.05) is 17.5 Å². The highest BCUT2D eigenvalue weighted by Crippen LogP contribution is 2.40. The fraction of sp³-hybridized carbons (Fsp3) is 0.273. The SMILES string of the molecule is COc1cc(C(=O)N2Cc3cc4ccccc4nc3C2C)cc(OC)c1OC. The summed E-state index contributed by atoms with van der Waals surface area (Å²) in [6.07, 6.45) is 0. The van der Waals surface area contributed by atoms with Crippen molar-refractivity contribution in [1.82, 2.24) is 9.88 Å². The van der Waals surface area contributed by atoms with Gasteiger partial charge in [0.05, 0.1) is 38.6 Å². The molecule has 1 aromatic heterocycles. The molecule has 2 heterocycles. The van der Waals surface area contributed by atoms with E-state index in [1.165, 1.54) is 21.3 Å². The molecule has 0 fully saturated rings. The first-order valence-electron chi connectivity index (χ1n) is 9.07. The van der Waals surface area contributed by atoms with E-state index in [0.29, 0.717) is 29.4 Å². The number of benzene rings is 2. The molecule has 144 valence electrons. The largest absolute Gasteiger partial charge is 0.493 e. The zero-order chi connectivity index (χ0) is 19.8. The van der Waals surface area contributed by atoms with Crippen LogP contribution in [0.1, 0.15) is 34.6 Å². The normalized spacial score (nSPS) is 15.4. The van der Waals surface area contributed by atoms with Crippen molar-refractivity contribution >= 4 is 16.8 Å². The number of para-hydroxylation sites is 1.